The average molecular weight is 340 g/mol. The van der Waals surface area contributed by atoms with Crippen LogP contribution < -0.4 is 0 Å². The van der Waals surface area contributed by atoms with Crippen LogP contribution >= 0.6 is 27.5 Å². The highest BCUT2D eigenvalue weighted by molar-refractivity contribution is 9.10. The van der Waals surface area contributed by atoms with E-state index < -0.39 is 0 Å². The van der Waals surface area contributed by atoms with Crippen LogP contribution in [0.2, 0.25) is 5.15 Å². The molecule has 1 aromatic heterocycles. The van der Waals surface area contributed by atoms with Gasteiger partial charge in [-0.1, -0.05) is 60.4 Å². The van der Waals surface area contributed by atoms with Gasteiger partial charge >= 0.3 is 0 Å². The van der Waals surface area contributed by atoms with Crippen LogP contribution in [0.25, 0.3) is 11.3 Å². The number of halogens is 2. The maximum Gasteiger partial charge on any atom is 0.136 e. The van der Waals surface area contributed by atoms with Crippen molar-refractivity contribution in [2.75, 3.05) is 0 Å². The first kappa shape index (κ1) is 14.5. The molecular weight excluding hydrogens is 324 g/mol. The zero-order chi connectivity index (χ0) is 14.2. The molecule has 0 aliphatic heterocycles. The van der Waals surface area contributed by atoms with Crippen LogP contribution in [0, 0.1) is 6.92 Å². The van der Waals surface area contributed by atoms with Gasteiger partial charge in [-0.25, -0.2) is 9.97 Å². The molecule has 0 N–H and O–H groups in total. The molecule has 0 aliphatic carbocycles. The van der Waals surface area contributed by atoms with E-state index in [4.69, 9.17) is 16.6 Å². The molecule has 0 radical (unpaired) electrons. The summed E-state index contributed by atoms with van der Waals surface area (Å²) in [5, 5.41) is 0.523. The normalized spacial score (nSPS) is 11.7. The van der Waals surface area contributed by atoms with Gasteiger partial charge in [-0.15, -0.1) is 0 Å². The lowest BCUT2D eigenvalue weighted by atomic mass is 9.95. The van der Waals surface area contributed by atoms with Crippen LogP contribution in [0.15, 0.2) is 28.7 Å². The topological polar surface area (TPSA) is 25.8 Å². The Morgan fingerprint density at radius 1 is 1.16 bits per heavy atom. The smallest absolute Gasteiger partial charge is 0.136 e. The molecule has 4 heteroatoms. The number of benzene rings is 1. The van der Waals surface area contributed by atoms with E-state index in [9.17, 15) is 0 Å². The van der Waals surface area contributed by atoms with Gasteiger partial charge in [0.1, 0.15) is 11.0 Å². The Kier molecular flexibility index (Phi) is 3.98. The van der Waals surface area contributed by atoms with E-state index in [1.165, 1.54) is 0 Å². The van der Waals surface area contributed by atoms with Crippen LogP contribution in [0.3, 0.4) is 0 Å². The molecule has 2 aromatic rings. The predicted octanol–water partition coefficient (Wildman–Crippen LogP) is 5.17. The Labute approximate surface area is 127 Å². The Bertz CT molecular complexity index is 618. The third-order valence-electron chi connectivity index (χ3n) is 2.86. The first-order valence-corrected chi connectivity index (χ1v) is 7.26. The zero-order valence-corrected chi connectivity index (χ0v) is 13.8. The van der Waals surface area contributed by atoms with Crippen LogP contribution in [-0.2, 0) is 5.41 Å². The van der Waals surface area contributed by atoms with Crippen LogP contribution in [0.4, 0.5) is 0 Å². The van der Waals surface area contributed by atoms with Crippen molar-refractivity contribution in [3.8, 4) is 11.3 Å². The molecule has 1 heterocycles. The Balaban J connectivity index is 2.66. The molecule has 100 valence electrons. The monoisotopic (exact) mass is 338 g/mol. The van der Waals surface area contributed by atoms with Gasteiger partial charge < -0.3 is 0 Å². The quantitative estimate of drug-likeness (QED) is 0.670. The van der Waals surface area contributed by atoms with Crippen molar-refractivity contribution in [1.29, 1.82) is 0 Å². The van der Waals surface area contributed by atoms with Crippen molar-refractivity contribution in [3.63, 3.8) is 0 Å². The summed E-state index contributed by atoms with van der Waals surface area (Å²) in [4.78, 5) is 9.09. The Hall–Kier alpha value is -0.930. The van der Waals surface area contributed by atoms with Crippen molar-refractivity contribution in [2.24, 2.45) is 0 Å². The van der Waals surface area contributed by atoms with E-state index >= 15 is 0 Å². The van der Waals surface area contributed by atoms with Gasteiger partial charge in [0.25, 0.3) is 0 Å². The van der Waals surface area contributed by atoms with Crippen molar-refractivity contribution < 1.29 is 0 Å². The molecule has 19 heavy (non-hydrogen) atoms. The van der Waals surface area contributed by atoms with Gasteiger partial charge in [-0.3, -0.25) is 0 Å². The maximum absolute atomic E-state index is 6.25. The number of aromatic nitrogens is 2. The van der Waals surface area contributed by atoms with E-state index in [0.29, 0.717) is 5.15 Å². The van der Waals surface area contributed by atoms with Crippen LogP contribution in [0.5, 0.6) is 0 Å². The van der Waals surface area contributed by atoms with Gasteiger partial charge in [-0.2, -0.15) is 0 Å². The van der Waals surface area contributed by atoms with Crippen molar-refractivity contribution in [1.82, 2.24) is 9.97 Å². The Morgan fingerprint density at radius 3 is 2.42 bits per heavy atom. The van der Waals surface area contributed by atoms with Crippen molar-refractivity contribution in [2.45, 2.75) is 33.1 Å². The first-order chi connectivity index (χ1) is 8.79. The molecule has 0 saturated heterocycles. The van der Waals surface area contributed by atoms with Gasteiger partial charge in [0, 0.05) is 21.0 Å². The fraction of sp³-hybridized carbons (Fsp3) is 0.333. The minimum absolute atomic E-state index is 0.127. The molecule has 2 nitrogen and oxygen atoms in total. The lowest BCUT2D eigenvalue weighted by Gasteiger charge is -2.19. The fourth-order valence-corrected chi connectivity index (χ4v) is 2.31. The average Bonchev–Trinajstić information content (AvgIpc) is 2.31. The number of hydrogen-bond donors (Lipinski definition) is 0. The second-order valence-electron chi connectivity index (χ2n) is 5.57. The van der Waals surface area contributed by atoms with E-state index in [0.717, 1.165) is 27.1 Å². The third kappa shape index (κ3) is 3.15. The maximum atomic E-state index is 6.25. The molecule has 0 spiro atoms. The van der Waals surface area contributed by atoms with Gasteiger partial charge in [-0.05, 0) is 19.1 Å². The lowest BCUT2D eigenvalue weighted by Crippen LogP contribution is -2.17. The molecule has 0 unspecified atom stereocenters. The molecule has 0 aliphatic rings. The molecule has 0 saturated carbocycles. The van der Waals surface area contributed by atoms with E-state index in [-0.39, 0.29) is 5.41 Å². The van der Waals surface area contributed by atoms with E-state index in [1.54, 1.807) is 0 Å². The number of rotatable bonds is 1. The van der Waals surface area contributed by atoms with Crippen molar-refractivity contribution >= 4 is 27.5 Å². The Morgan fingerprint density at radius 2 is 1.84 bits per heavy atom. The van der Waals surface area contributed by atoms with E-state index in [2.05, 4.69) is 41.7 Å². The standard InChI is InChI=1S/C15H16BrClN2/c1-9-12(10-6-5-7-11(16)8-10)18-14(15(2,3)4)19-13(9)17/h5-8H,1-4H3. The summed E-state index contributed by atoms with van der Waals surface area (Å²) in [6.07, 6.45) is 0. The summed E-state index contributed by atoms with van der Waals surface area (Å²) >= 11 is 9.74. The van der Waals surface area contributed by atoms with Crippen LogP contribution in [-0.4, -0.2) is 9.97 Å². The van der Waals surface area contributed by atoms with Crippen molar-refractivity contribution in [3.05, 3.63) is 45.3 Å². The number of hydrogen-bond acceptors (Lipinski definition) is 2. The van der Waals surface area contributed by atoms with Gasteiger partial charge in [0.05, 0.1) is 5.69 Å². The largest absolute Gasteiger partial charge is 0.232 e. The molecule has 1 aromatic carbocycles. The summed E-state index contributed by atoms with van der Waals surface area (Å²) in [7, 11) is 0. The third-order valence-corrected chi connectivity index (χ3v) is 3.72. The lowest BCUT2D eigenvalue weighted by molar-refractivity contribution is 0.545. The first-order valence-electron chi connectivity index (χ1n) is 6.09. The molecule has 0 atom stereocenters. The van der Waals surface area contributed by atoms with Gasteiger partial charge in [0.2, 0.25) is 0 Å². The zero-order valence-electron chi connectivity index (χ0n) is 11.5. The van der Waals surface area contributed by atoms with E-state index in [1.807, 2.05) is 31.2 Å². The molecular formula is C15H16BrClN2. The minimum atomic E-state index is -0.127. The highest BCUT2D eigenvalue weighted by atomic mass is 79.9. The minimum Gasteiger partial charge on any atom is -0.232 e. The fourth-order valence-electron chi connectivity index (χ4n) is 1.74. The second kappa shape index (κ2) is 5.22. The summed E-state index contributed by atoms with van der Waals surface area (Å²) in [5.41, 5.74) is 2.72. The molecule has 0 bridgehead atoms. The van der Waals surface area contributed by atoms with Crippen LogP contribution in [0.1, 0.15) is 32.2 Å². The molecule has 2 rings (SSSR count). The number of nitrogens with zero attached hydrogens (tertiary/aromatic N) is 2. The van der Waals surface area contributed by atoms with Gasteiger partial charge in [0.15, 0.2) is 0 Å². The molecule has 0 fully saturated rings. The highest BCUT2D eigenvalue weighted by Crippen LogP contribution is 2.30. The second-order valence-corrected chi connectivity index (χ2v) is 6.85. The summed E-state index contributed by atoms with van der Waals surface area (Å²) in [6, 6.07) is 8.05. The summed E-state index contributed by atoms with van der Waals surface area (Å²) < 4.78 is 1.02. The molecule has 0 amide bonds. The summed E-state index contributed by atoms with van der Waals surface area (Å²) in [6.45, 7) is 8.20. The predicted molar refractivity (Wildman–Crippen MR) is 83.6 cm³/mol. The SMILES string of the molecule is Cc1c(Cl)nc(C(C)(C)C)nc1-c1cccc(Br)c1. The summed E-state index contributed by atoms with van der Waals surface area (Å²) in [5.74, 6) is 0.762. The highest BCUT2D eigenvalue weighted by Gasteiger charge is 2.21.